The number of carbonyl (C=O) groups excluding carboxylic acids is 1. The monoisotopic (exact) mass is 250 g/mol. The van der Waals surface area contributed by atoms with Crippen LogP contribution in [0, 0.1) is 5.92 Å². The number of thioether (sulfide) groups is 3. The summed E-state index contributed by atoms with van der Waals surface area (Å²) in [4.78, 5) is 11.7. The number of methoxy groups -OCH3 is 1. The summed E-state index contributed by atoms with van der Waals surface area (Å²) in [6.45, 7) is 0. The first-order chi connectivity index (χ1) is 6.78. The molecule has 1 spiro atoms. The standard InChI is InChI=1S/C9H14O2S3/c1-11-8(10)7-6-12-3-2-9(7)13-4-5-14-9/h7H,2-6H2,1H3. The van der Waals surface area contributed by atoms with Gasteiger partial charge in [-0.15, -0.1) is 23.5 Å². The number of hydrogen-bond donors (Lipinski definition) is 0. The van der Waals surface area contributed by atoms with Crippen molar-refractivity contribution in [3.63, 3.8) is 0 Å². The lowest BCUT2D eigenvalue weighted by Crippen LogP contribution is -2.41. The summed E-state index contributed by atoms with van der Waals surface area (Å²) < 4.78 is 5.05. The Hall–Kier alpha value is 0.520. The fourth-order valence-corrected chi connectivity index (χ4v) is 7.13. The molecule has 2 saturated heterocycles. The SMILES string of the molecule is COC(=O)C1CSCCC12SCCS2. The van der Waals surface area contributed by atoms with Gasteiger partial charge in [-0.3, -0.25) is 4.79 Å². The highest BCUT2D eigenvalue weighted by molar-refractivity contribution is 8.21. The maximum absolute atomic E-state index is 11.7. The summed E-state index contributed by atoms with van der Waals surface area (Å²) in [5.41, 5.74) is 0. The number of esters is 1. The van der Waals surface area contributed by atoms with E-state index in [1.54, 1.807) is 0 Å². The molecule has 0 aromatic heterocycles. The molecule has 14 heavy (non-hydrogen) atoms. The highest BCUT2D eigenvalue weighted by Crippen LogP contribution is 2.55. The molecule has 2 rings (SSSR count). The lowest BCUT2D eigenvalue weighted by Gasteiger charge is -2.37. The molecule has 2 fully saturated rings. The van der Waals surface area contributed by atoms with Gasteiger partial charge >= 0.3 is 5.97 Å². The van der Waals surface area contributed by atoms with Gasteiger partial charge in [0.1, 0.15) is 0 Å². The summed E-state index contributed by atoms with van der Waals surface area (Å²) in [5, 5.41) is 0. The Morgan fingerprint density at radius 3 is 2.71 bits per heavy atom. The van der Waals surface area contributed by atoms with Crippen LogP contribution in [0.3, 0.4) is 0 Å². The average Bonchev–Trinajstić information content (AvgIpc) is 2.67. The highest BCUT2D eigenvalue weighted by Gasteiger charge is 2.48. The molecule has 0 saturated carbocycles. The van der Waals surface area contributed by atoms with E-state index < -0.39 is 0 Å². The van der Waals surface area contributed by atoms with E-state index >= 15 is 0 Å². The molecule has 1 atom stereocenters. The average molecular weight is 250 g/mol. The van der Waals surface area contributed by atoms with Crippen molar-refractivity contribution in [2.24, 2.45) is 5.92 Å². The predicted octanol–water partition coefficient (Wildman–Crippen LogP) is 2.09. The molecule has 0 aromatic rings. The molecular weight excluding hydrogens is 236 g/mol. The first-order valence-electron chi connectivity index (χ1n) is 4.72. The Morgan fingerprint density at radius 1 is 1.36 bits per heavy atom. The van der Waals surface area contributed by atoms with Crippen LogP contribution in [0.1, 0.15) is 6.42 Å². The van der Waals surface area contributed by atoms with E-state index in [1.807, 2.05) is 35.3 Å². The summed E-state index contributed by atoms with van der Waals surface area (Å²) in [5.74, 6) is 4.58. The zero-order chi connectivity index (χ0) is 10.0. The topological polar surface area (TPSA) is 26.3 Å². The third-order valence-electron chi connectivity index (χ3n) is 2.67. The minimum absolute atomic E-state index is 0.0147. The van der Waals surface area contributed by atoms with Gasteiger partial charge < -0.3 is 4.74 Å². The first-order valence-corrected chi connectivity index (χ1v) is 7.84. The van der Waals surface area contributed by atoms with Crippen molar-refractivity contribution in [3.05, 3.63) is 0 Å². The Kier molecular flexibility index (Phi) is 3.60. The molecule has 0 aliphatic carbocycles. The van der Waals surface area contributed by atoms with E-state index in [4.69, 9.17) is 4.74 Å². The number of ether oxygens (including phenoxy) is 1. The molecule has 2 aliphatic heterocycles. The third kappa shape index (κ3) is 1.91. The summed E-state index contributed by atoms with van der Waals surface area (Å²) in [6, 6.07) is 0. The molecule has 2 aliphatic rings. The Morgan fingerprint density at radius 2 is 2.07 bits per heavy atom. The van der Waals surface area contributed by atoms with E-state index in [0.717, 1.165) is 12.2 Å². The molecule has 1 unspecified atom stereocenters. The molecule has 0 radical (unpaired) electrons. The summed E-state index contributed by atoms with van der Waals surface area (Å²) in [6.07, 6.45) is 1.15. The maximum Gasteiger partial charge on any atom is 0.311 e. The fourth-order valence-electron chi connectivity index (χ4n) is 1.92. The molecule has 80 valence electrons. The van der Waals surface area contributed by atoms with Gasteiger partial charge in [0.25, 0.3) is 0 Å². The van der Waals surface area contributed by atoms with Crippen LogP contribution < -0.4 is 0 Å². The van der Waals surface area contributed by atoms with Crippen LogP contribution in [-0.2, 0) is 9.53 Å². The summed E-state index contributed by atoms with van der Waals surface area (Å²) in [7, 11) is 1.50. The quantitative estimate of drug-likeness (QED) is 0.664. The molecular formula is C9H14O2S3. The van der Waals surface area contributed by atoms with Gasteiger partial charge in [-0.2, -0.15) is 11.8 Å². The van der Waals surface area contributed by atoms with Crippen molar-refractivity contribution in [2.75, 3.05) is 30.1 Å². The van der Waals surface area contributed by atoms with Crippen molar-refractivity contribution in [1.29, 1.82) is 0 Å². The van der Waals surface area contributed by atoms with E-state index in [9.17, 15) is 4.79 Å². The van der Waals surface area contributed by atoms with Crippen molar-refractivity contribution >= 4 is 41.3 Å². The van der Waals surface area contributed by atoms with Crippen molar-refractivity contribution in [3.8, 4) is 0 Å². The van der Waals surface area contributed by atoms with Crippen LogP contribution in [-0.4, -0.2) is 40.2 Å². The minimum Gasteiger partial charge on any atom is -0.469 e. The smallest absolute Gasteiger partial charge is 0.311 e. The van der Waals surface area contributed by atoms with E-state index in [-0.39, 0.29) is 16.0 Å². The third-order valence-corrected chi connectivity index (χ3v) is 7.47. The summed E-state index contributed by atoms with van der Waals surface area (Å²) >= 11 is 5.81. The van der Waals surface area contributed by atoms with Gasteiger partial charge in [0.15, 0.2) is 0 Å². The van der Waals surface area contributed by atoms with Gasteiger partial charge in [0.2, 0.25) is 0 Å². The Balaban J connectivity index is 2.14. The lowest BCUT2D eigenvalue weighted by atomic mass is 10.0. The molecule has 2 heterocycles. The van der Waals surface area contributed by atoms with Crippen molar-refractivity contribution in [2.45, 2.75) is 10.5 Å². The number of carbonyl (C=O) groups is 1. The fraction of sp³-hybridized carbons (Fsp3) is 0.889. The zero-order valence-corrected chi connectivity index (χ0v) is 10.6. The van der Waals surface area contributed by atoms with Crippen LogP contribution in [0.2, 0.25) is 0 Å². The second kappa shape index (κ2) is 4.58. The van der Waals surface area contributed by atoms with Gasteiger partial charge in [0.05, 0.1) is 17.1 Å². The Labute approximate surface area is 97.3 Å². The second-order valence-corrected chi connectivity index (χ2v) is 7.67. The normalized spacial score (nSPS) is 30.5. The van der Waals surface area contributed by atoms with Gasteiger partial charge in [-0.05, 0) is 12.2 Å². The molecule has 0 aromatic carbocycles. The minimum atomic E-state index is -0.0147. The number of rotatable bonds is 1. The highest BCUT2D eigenvalue weighted by atomic mass is 32.2. The Bertz CT molecular complexity index is 226. The number of hydrogen-bond acceptors (Lipinski definition) is 5. The maximum atomic E-state index is 11.7. The van der Waals surface area contributed by atoms with E-state index in [0.29, 0.717) is 0 Å². The van der Waals surface area contributed by atoms with Crippen LogP contribution >= 0.6 is 35.3 Å². The molecule has 0 N–H and O–H groups in total. The van der Waals surface area contributed by atoms with E-state index in [1.165, 1.54) is 24.4 Å². The molecule has 5 heteroatoms. The van der Waals surface area contributed by atoms with Gasteiger partial charge in [-0.25, -0.2) is 0 Å². The zero-order valence-electron chi connectivity index (χ0n) is 8.15. The van der Waals surface area contributed by atoms with Crippen molar-refractivity contribution < 1.29 is 9.53 Å². The lowest BCUT2D eigenvalue weighted by molar-refractivity contribution is -0.144. The molecule has 0 bridgehead atoms. The van der Waals surface area contributed by atoms with Gasteiger partial charge in [0, 0.05) is 17.3 Å². The van der Waals surface area contributed by atoms with Gasteiger partial charge in [-0.1, -0.05) is 0 Å². The second-order valence-electron chi connectivity index (χ2n) is 3.41. The van der Waals surface area contributed by atoms with E-state index in [2.05, 4.69) is 0 Å². The largest absolute Gasteiger partial charge is 0.469 e. The van der Waals surface area contributed by atoms with Crippen LogP contribution in [0.25, 0.3) is 0 Å². The van der Waals surface area contributed by atoms with Crippen LogP contribution in [0.5, 0.6) is 0 Å². The van der Waals surface area contributed by atoms with Crippen LogP contribution in [0.4, 0.5) is 0 Å². The van der Waals surface area contributed by atoms with Crippen molar-refractivity contribution in [1.82, 2.24) is 0 Å². The molecule has 0 amide bonds. The molecule has 2 nitrogen and oxygen atoms in total. The predicted molar refractivity (Wildman–Crippen MR) is 65.1 cm³/mol. The first kappa shape index (κ1) is 11.0. The van der Waals surface area contributed by atoms with Crippen LogP contribution in [0.15, 0.2) is 0 Å².